The Hall–Kier alpha value is -1.39. The van der Waals surface area contributed by atoms with Gasteiger partial charge in [-0.15, -0.1) is 0 Å². The number of hydroxylamine groups is 1. The minimum atomic E-state index is -0.840. The van der Waals surface area contributed by atoms with Crippen molar-refractivity contribution in [2.24, 2.45) is 0 Å². The van der Waals surface area contributed by atoms with Crippen molar-refractivity contribution in [1.29, 1.82) is 0 Å². The van der Waals surface area contributed by atoms with Crippen LogP contribution in [-0.2, 0) is 17.8 Å². The number of aliphatic carboxylic acids is 1. The zero-order chi connectivity index (χ0) is 9.68. The number of hydrogen-bond donors (Lipinski definition) is 3. The lowest BCUT2D eigenvalue weighted by atomic mass is 10.1. The molecule has 70 valence electrons. The van der Waals surface area contributed by atoms with Crippen molar-refractivity contribution in [3.8, 4) is 0 Å². The van der Waals surface area contributed by atoms with E-state index in [0.717, 1.165) is 11.1 Å². The van der Waals surface area contributed by atoms with Crippen molar-refractivity contribution in [1.82, 2.24) is 5.48 Å². The highest BCUT2D eigenvalue weighted by molar-refractivity contribution is 5.70. The first-order valence-electron chi connectivity index (χ1n) is 3.89. The molecule has 3 N–H and O–H groups in total. The van der Waals surface area contributed by atoms with Crippen LogP contribution in [0.2, 0.25) is 0 Å². The number of carboxylic acids is 1. The third-order valence-electron chi connectivity index (χ3n) is 1.66. The van der Waals surface area contributed by atoms with Gasteiger partial charge in [0.15, 0.2) is 0 Å². The van der Waals surface area contributed by atoms with Crippen LogP contribution in [-0.4, -0.2) is 16.3 Å². The SMILES string of the molecule is O=C(O)Cc1ccc(CNO)cc1. The molecule has 0 saturated carbocycles. The fraction of sp³-hybridized carbons (Fsp3) is 0.222. The Bertz CT molecular complexity index is 281. The van der Waals surface area contributed by atoms with Crippen LogP contribution in [0.3, 0.4) is 0 Å². The van der Waals surface area contributed by atoms with Crippen LogP contribution in [0, 0.1) is 0 Å². The molecule has 4 nitrogen and oxygen atoms in total. The first-order chi connectivity index (χ1) is 6.22. The van der Waals surface area contributed by atoms with Gasteiger partial charge in [-0.3, -0.25) is 4.79 Å². The Morgan fingerprint density at radius 3 is 2.23 bits per heavy atom. The van der Waals surface area contributed by atoms with E-state index in [9.17, 15) is 4.79 Å². The summed E-state index contributed by atoms with van der Waals surface area (Å²) in [5.41, 5.74) is 3.70. The normalized spacial score (nSPS) is 9.92. The average Bonchev–Trinajstić information content (AvgIpc) is 2.08. The zero-order valence-electron chi connectivity index (χ0n) is 7.03. The molecule has 13 heavy (non-hydrogen) atoms. The van der Waals surface area contributed by atoms with Crippen molar-refractivity contribution in [2.75, 3.05) is 0 Å². The highest BCUT2D eigenvalue weighted by Gasteiger charge is 1.99. The molecule has 0 radical (unpaired) electrons. The monoisotopic (exact) mass is 181 g/mol. The molecule has 0 bridgehead atoms. The molecule has 0 atom stereocenters. The van der Waals surface area contributed by atoms with Crippen LogP contribution in [0.15, 0.2) is 24.3 Å². The Labute approximate surface area is 75.8 Å². The van der Waals surface area contributed by atoms with Gasteiger partial charge in [-0.1, -0.05) is 24.3 Å². The van der Waals surface area contributed by atoms with Gasteiger partial charge >= 0.3 is 5.97 Å². The summed E-state index contributed by atoms with van der Waals surface area (Å²) in [6.07, 6.45) is 0.0346. The van der Waals surface area contributed by atoms with E-state index in [0.29, 0.717) is 6.54 Å². The predicted molar refractivity (Wildman–Crippen MR) is 46.4 cm³/mol. The molecule has 0 aliphatic carbocycles. The topological polar surface area (TPSA) is 69.6 Å². The quantitative estimate of drug-likeness (QED) is 0.601. The Balaban J connectivity index is 2.64. The van der Waals surface area contributed by atoms with Crippen molar-refractivity contribution < 1.29 is 15.1 Å². The standard InChI is InChI=1S/C9H11NO3/c11-9(12)5-7-1-3-8(4-2-7)6-10-13/h1-4,10,13H,5-6H2,(H,11,12). The molecule has 0 aliphatic heterocycles. The van der Waals surface area contributed by atoms with Gasteiger partial charge in [0, 0.05) is 6.54 Å². The third-order valence-corrected chi connectivity index (χ3v) is 1.66. The molecule has 1 rings (SSSR count). The summed E-state index contributed by atoms with van der Waals surface area (Å²) in [7, 11) is 0. The van der Waals surface area contributed by atoms with Gasteiger partial charge in [0.25, 0.3) is 0 Å². The Morgan fingerprint density at radius 1 is 1.23 bits per heavy atom. The lowest BCUT2D eigenvalue weighted by molar-refractivity contribution is -0.136. The van der Waals surface area contributed by atoms with E-state index in [4.69, 9.17) is 10.3 Å². The van der Waals surface area contributed by atoms with Gasteiger partial charge in [0.2, 0.25) is 0 Å². The van der Waals surface area contributed by atoms with Gasteiger partial charge < -0.3 is 10.3 Å². The number of rotatable bonds is 4. The number of benzene rings is 1. The lowest BCUT2D eigenvalue weighted by Crippen LogP contribution is -2.06. The Kier molecular flexibility index (Phi) is 3.42. The van der Waals surface area contributed by atoms with E-state index in [2.05, 4.69) is 0 Å². The van der Waals surface area contributed by atoms with Gasteiger partial charge in [-0.25, -0.2) is 5.48 Å². The Morgan fingerprint density at radius 2 is 1.77 bits per heavy atom. The molecule has 0 spiro atoms. The van der Waals surface area contributed by atoms with Crippen molar-refractivity contribution in [3.63, 3.8) is 0 Å². The number of nitrogens with one attached hydrogen (secondary N) is 1. The first kappa shape index (κ1) is 9.70. The molecule has 4 heteroatoms. The molecule has 0 saturated heterocycles. The minimum absolute atomic E-state index is 0.0346. The number of carbonyl (C=O) groups is 1. The number of carboxylic acid groups (broad SMARTS) is 1. The molecule has 1 aromatic carbocycles. The molecule has 0 unspecified atom stereocenters. The van der Waals surface area contributed by atoms with Crippen LogP contribution in [0.1, 0.15) is 11.1 Å². The fourth-order valence-electron chi connectivity index (χ4n) is 1.04. The number of hydrogen-bond acceptors (Lipinski definition) is 3. The summed E-state index contributed by atoms with van der Waals surface area (Å²) >= 11 is 0. The minimum Gasteiger partial charge on any atom is -0.481 e. The molecule has 1 aromatic rings. The van der Waals surface area contributed by atoms with E-state index >= 15 is 0 Å². The second-order valence-corrected chi connectivity index (χ2v) is 2.72. The van der Waals surface area contributed by atoms with Crippen LogP contribution in [0.4, 0.5) is 0 Å². The van der Waals surface area contributed by atoms with Crippen molar-refractivity contribution >= 4 is 5.97 Å². The van der Waals surface area contributed by atoms with Gasteiger partial charge in [0.1, 0.15) is 0 Å². The molecule has 0 fully saturated rings. The van der Waals surface area contributed by atoms with Gasteiger partial charge in [0.05, 0.1) is 6.42 Å². The molecule has 0 aromatic heterocycles. The largest absolute Gasteiger partial charge is 0.481 e. The maximum absolute atomic E-state index is 10.3. The second-order valence-electron chi connectivity index (χ2n) is 2.72. The predicted octanol–water partition coefficient (Wildman–Crippen LogP) is 0.793. The summed E-state index contributed by atoms with van der Waals surface area (Å²) in [6, 6.07) is 7.03. The van der Waals surface area contributed by atoms with E-state index in [1.807, 2.05) is 5.48 Å². The van der Waals surface area contributed by atoms with E-state index in [1.165, 1.54) is 0 Å². The molecular weight excluding hydrogens is 170 g/mol. The lowest BCUT2D eigenvalue weighted by Gasteiger charge is -2.00. The van der Waals surface area contributed by atoms with Gasteiger partial charge in [-0.2, -0.15) is 0 Å². The summed E-state index contributed by atoms with van der Waals surface area (Å²) in [6.45, 7) is 0.368. The molecule has 0 amide bonds. The van der Waals surface area contributed by atoms with E-state index in [-0.39, 0.29) is 6.42 Å². The van der Waals surface area contributed by atoms with E-state index < -0.39 is 5.97 Å². The highest BCUT2D eigenvalue weighted by atomic mass is 16.5. The van der Waals surface area contributed by atoms with Crippen molar-refractivity contribution in [2.45, 2.75) is 13.0 Å². The van der Waals surface area contributed by atoms with Crippen LogP contribution in [0.25, 0.3) is 0 Å². The van der Waals surface area contributed by atoms with E-state index in [1.54, 1.807) is 24.3 Å². The highest BCUT2D eigenvalue weighted by Crippen LogP contribution is 2.04. The van der Waals surface area contributed by atoms with Gasteiger partial charge in [-0.05, 0) is 11.1 Å². The first-order valence-corrected chi connectivity index (χ1v) is 3.89. The van der Waals surface area contributed by atoms with Crippen molar-refractivity contribution in [3.05, 3.63) is 35.4 Å². The molecule has 0 heterocycles. The second kappa shape index (κ2) is 4.59. The van der Waals surface area contributed by atoms with Crippen LogP contribution in [0.5, 0.6) is 0 Å². The maximum atomic E-state index is 10.3. The van der Waals surface area contributed by atoms with Crippen LogP contribution < -0.4 is 5.48 Å². The third kappa shape index (κ3) is 3.23. The summed E-state index contributed by atoms with van der Waals surface area (Å²) in [4.78, 5) is 10.3. The smallest absolute Gasteiger partial charge is 0.307 e. The van der Waals surface area contributed by atoms with Crippen LogP contribution >= 0.6 is 0 Å². The maximum Gasteiger partial charge on any atom is 0.307 e. The average molecular weight is 181 g/mol. The summed E-state index contributed by atoms with van der Waals surface area (Å²) in [5.74, 6) is -0.840. The molecule has 0 aliphatic rings. The summed E-state index contributed by atoms with van der Waals surface area (Å²) < 4.78 is 0. The fourth-order valence-corrected chi connectivity index (χ4v) is 1.04. The summed E-state index contributed by atoms with van der Waals surface area (Å²) in [5, 5.41) is 16.9. The molecular formula is C9H11NO3. The zero-order valence-corrected chi connectivity index (χ0v) is 7.03.